The van der Waals surface area contributed by atoms with Gasteiger partial charge in [0.1, 0.15) is 10.9 Å². The lowest BCUT2D eigenvalue weighted by Gasteiger charge is -2.42. The Hall–Kier alpha value is -3.53. The van der Waals surface area contributed by atoms with E-state index in [0.29, 0.717) is 30.9 Å². The lowest BCUT2D eigenvalue weighted by molar-refractivity contribution is 0.0929. The average molecular weight is 391 g/mol. The van der Waals surface area contributed by atoms with E-state index in [4.69, 9.17) is 17.0 Å². The first kappa shape index (κ1) is 20.2. The molecule has 0 unspecified atom stereocenters. The maximum absolute atomic E-state index is 12.8. The van der Waals surface area contributed by atoms with Gasteiger partial charge in [0.15, 0.2) is 0 Å². The van der Waals surface area contributed by atoms with E-state index in [1.54, 1.807) is 19.2 Å². The molecule has 0 aliphatic carbocycles. The SMILES string of the molecule is [C-]#[N+]/N=C(/N)N1CCC(CNC(=O)c2ccccc2OC)(c2ccccc2)CC1. The Morgan fingerprint density at radius 1 is 1.21 bits per heavy atom. The zero-order valence-electron chi connectivity index (χ0n) is 16.5. The van der Waals surface area contributed by atoms with Gasteiger partial charge in [-0.2, -0.15) is 6.57 Å². The molecule has 0 saturated carbocycles. The van der Waals surface area contributed by atoms with Crippen molar-refractivity contribution in [2.45, 2.75) is 18.3 Å². The number of rotatable bonds is 5. The summed E-state index contributed by atoms with van der Waals surface area (Å²) in [5.41, 5.74) is 7.38. The summed E-state index contributed by atoms with van der Waals surface area (Å²) >= 11 is 0. The fraction of sp³-hybridized carbons (Fsp3) is 0.318. The summed E-state index contributed by atoms with van der Waals surface area (Å²) in [6, 6.07) is 17.4. The molecule has 0 spiro atoms. The number of nitrogens with zero attached hydrogens (tertiary/aromatic N) is 3. The highest BCUT2D eigenvalue weighted by Gasteiger charge is 2.37. The number of amides is 1. The van der Waals surface area contributed by atoms with Gasteiger partial charge in [0.25, 0.3) is 11.9 Å². The summed E-state index contributed by atoms with van der Waals surface area (Å²) in [5.74, 6) is 0.644. The maximum Gasteiger partial charge on any atom is 0.277 e. The number of piperidine rings is 1. The maximum atomic E-state index is 12.8. The molecule has 150 valence electrons. The summed E-state index contributed by atoms with van der Waals surface area (Å²) < 4.78 is 5.31. The second kappa shape index (κ2) is 9.11. The zero-order valence-corrected chi connectivity index (χ0v) is 16.5. The number of nitrogens with one attached hydrogen (secondary N) is 1. The summed E-state index contributed by atoms with van der Waals surface area (Å²) in [5, 5.41) is 6.73. The van der Waals surface area contributed by atoms with Crippen LogP contribution in [-0.4, -0.2) is 43.5 Å². The van der Waals surface area contributed by atoms with Gasteiger partial charge < -0.3 is 20.7 Å². The normalized spacial score (nSPS) is 16.0. The van der Waals surface area contributed by atoms with E-state index < -0.39 is 0 Å². The molecule has 2 aromatic carbocycles. The Balaban J connectivity index is 1.78. The molecule has 1 fully saturated rings. The van der Waals surface area contributed by atoms with E-state index in [9.17, 15) is 4.79 Å². The fourth-order valence-electron chi connectivity index (χ4n) is 3.81. The number of guanidine groups is 1. The van der Waals surface area contributed by atoms with Crippen LogP contribution in [0.3, 0.4) is 0 Å². The minimum atomic E-state index is -0.214. The minimum Gasteiger partial charge on any atom is -0.496 e. The lowest BCUT2D eigenvalue weighted by atomic mass is 9.72. The molecule has 2 aromatic rings. The summed E-state index contributed by atoms with van der Waals surface area (Å²) in [6.45, 7) is 8.71. The number of likely N-dealkylation sites (tertiary alicyclic amines) is 1. The molecule has 0 bridgehead atoms. The van der Waals surface area contributed by atoms with Crippen LogP contribution in [0.2, 0.25) is 0 Å². The summed E-state index contributed by atoms with van der Waals surface area (Å²) in [6.07, 6.45) is 1.58. The first-order valence-corrected chi connectivity index (χ1v) is 9.51. The Morgan fingerprint density at radius 2 is 1.86 bits per heavy atom. The quantitative estimate of drug-likeness (QED) is 0.355. The van der Waals surface area contributed by atoms with Crippen molar-refractivity contribution in [2.75, 3.05) is 26.7 Å². The number of hydrogen-bond acceptors (Lipinski definition) is 3. The largest absolute Gasteiger partial charge is 0.496 e. The lowest BCUT2D eigenvalue weighted by Crippen LogP contribution is -2.51. The fourth-order valence-corrected chi connectivity index (χ4v) is 3.81. The van der Waals surface area contributed by atoms with E-state index in [1.807, 2.05) is 35.2 Å². The number of benzene rings is 2. The van der Waals surface area contributed by atoms with Crippen LogP contribution < -0.4 is 15.8 Å². The third-order valence-electron chi connectivity index (χ3n) is 5.52. The van der Waals surface area contributed by atoms with Crippen LogP contribution in [0.1, 0.15) is 28.8 Å². The van der Waals surface area contributed by atoms with Crippen molar-refractivity contribution < 1.29 is 9.53 Å². The van der Waals surface area contributed by atoms with Crippen molar-refractivity contribution >= 4 is 11.9 Å². The van der Waals surface area contributed by atoms with Gasteiger partial charge in [-0.15, -0.1) is 4.95 Å². The van der Waals surface area contributed by atoms with Gasteiger partial charge in [0.05, 0.1) is 12.7 Å². The number of hydrogen-bond donors (Lipinski definition) is 2. The molecule has 29 heavy (non-hydrogen) atoms. The highest BCUT2D eigenvalue weighted by molar-refractivity contribution is 5.97. The summed E-state index contributed by atoms with van der Waals surface area (Å²) in [4.78, 5) is 17.8. The standard InChI is InChI=1S/C22H25N5O2/c1-24-26-21(23)27-14-12-22(13-15-27,17-8-4-3-5-9-17)16-25-20(28)18-10-6-7-11-19(18)29-2/h3-11H,12-16H2,2H3,(H2,23,26)(H,25,28). The van der Waals surface area contributed by atoms with E-state index in [0.717, 1.165) is 12.8 Å². The average Bonchev–Trinajstić information content (AvgIpc) is 2.78. The molecule has 1 saturated heterocycles. The van der Waals surface area contributed by atoms with E-state index in [2.05, 4.69) is 27.5 Å². The summed E-state index contributed by atoms with van der Waals surface area (Å²) in [7, 11) is 1.56. The van der Waals surface area contributed by atoms with Crippen LogP contribution in [0.5, 0.6) is 5.75 Å². The molecule has 1 aliphatic heterocycles. The van der Waals surface area contributed by atoms with Crippen molar-refractivity contribution in [1.82, 2.24) is 10.2 Å². The minimum absolute atomic E-state index is 0.158. The van der Waals surface area contributed by atoms with Crippen molar-refractivity contribution in [2.24, 2.45) is 10.8 Å². The van der Waals surface area contributed by atoms with E-state index >= 15 is 0 Å². The number of nitrogens with two attached hydrogens (primary N) is 1. The van der Waals surface area contributed by atoms with Crippen molar-refractivity contribution in [1.29, 1.82) is 0 Å². The van der Waals surface area contributed by atoms with E-state index in [1.165, 1.54) is 5.56 Å². The number of carbonyl (C=O) groups excluding carboxylic acids is 1. The van der Waals surface area contributed by atoms with Crippen molar-refractivity contribution in [3.8, 4) is 5.75 Å². The number of para-hydroxylation sites is 1. The monoisotopic (exact) mass is 391 g/mol. The Kier molecular flexibility index (Phi) is 6.35. The first-order chi connectivity index (χ1) is 14.1. The highest BCUT2D eigenvalue weighted by Crippen LogP contribution is 2.35. The number of methoxy groups -OCH3 is 1. The molecule has 3 N–H and O–H groups in total. The van der Waals surface area contributed by atoms with Crippen molar-refractivity contribution in [3.63, 3.8) is 0 Å². The van der Waals surface area contributed by atoms with Gasteiger partial charge in [0.2, 0.25) is 0 Å². The van der Waals surface area contributed by atoms with Gasteiger partial charge in [-0.25, -0.2) is 0 Å². The Morgan fingerprint density at radius 3 is 2.52 bits per heavy atom. The third kappa shape index (κ3) is 4.49. The smallest absolute Gasteiger partial charge is 0.277 e. The topological polar surface area (TPSA) is 84.3 Å². The molecule has 0 radical (unpaired) electrons. The van der Waals surface area contributed by atoms with Gasteiger partial charge in [-0.1, -0.05) is 42.5 Å². The van der Waals surface area contributed by atoms with Gasteiger partial charge >= 0.3 is 0 Å². The Bertz CT molecular complexity index is 912. The molecule has 3 rings (SSSR count). The molecule has 7 nitrogen and oxygen atoms in total. The van der Waals surface area contributed by atoms with Gasteiger partial charge in [-0.05, 0) is 30.5 Å². The Labute approximate surface area is 171 Å². The second-order valence-electron chi connectivity index (χ2n) is 7.07. The molecule has 1 aliphatic rings. The zero-order chi connectivity index (χ0) is 20.7. The second-order valence-corrected chi connectivity index (χ2v) is 7.07. The predicted molar refractivity (Wildman–Crippen MR) is 112 cm³/mol. The van der Waals surface area contributed by atoms with Crippen LogP contribution in [0.4, 0.5) is 0 Å². The molecular formula is C22H25N5O2. The number of carbonyl (C=O) groups is 1. The van der Waals surface area contributed by atoms with Gasteiger partial charge in [0, 0.05) is 25.0 Å². The molecule has 0 atom stereocenters. The van der Waals surface area contributed by atoms with Gasteiger partial charge in [-0.3, -0.25) is 4.79 Å². The predicted octanol–water partition coefficient (Wildman–Crippen LogP) is 2.61. The molecule has 0 aromatic heterocycles. The number of ether oxygens (including phenoxy) is 1. The first-order valence-electron chi connectivity index (χ1n) is 9.51. The van der Waals surface area contributed by atoms with Crippen LogP contribution in [0.25, 0.3) is 4.95 Å². The van der Waals surface area contributed by atoms with Crippen LogP contribution in [-0.2, 0) is 5.41 Å². The molecule has 1 amide bonds. The molecule has 7 heteroatoms. The molecular weight excluding hydrogens is 366 g/mol. The van der Waals surface area contributed by atoms with Crippen molar-refractivity contribution in [3.05, 3.63) is 77.3 Å². The highest BCUT2D eigenvalue weighted by atomic mass is 16.5. The third-order valence-corrected chi connectivity index (χ3v) is 5.52. The van der Waals surface area contributed by atoms with Crippen LogP contribution >= 0.6 is 0 Å². The molecule has 1 heterocycles. The van der Waals surface area contributed by atoms with E-state index in [-0.39, 0.29) is 17.3 Å². The van der Waals surface area contributed by atoms with Crippen LogP contribution in [0.15, 0.2) is 59.7 Å². The van der Waals surface area contributed by atoms with Crippen LogP contribution in [0, 0.1) is 6.57 Å².